The third kappa shape index (κ3) is 3.74. The lowest BCUT2D eigenvalue weighted by molar-refractivity contribution is -0.160. The van der Waals surface area contributed by atoms with Crippen molar-refractivity contribution in [2.45, 2.75) is 52.7 Å². The first-order chi connectivity index (χ1) is 13.6. The van der Waals surface area contributed by atoms with Gasteiger partial charge in [0.25, 0.3) is 0 Å². The summed E-state index contributed by atoms with van der Waals surface area (Å²) >= 11 is 1.62. The molecule has 1 N–H and O–H groups in total. The van der Waals surface area contributed by atoms with Crippen LogP contribution in [0.2, 0.25) is 0 Å². The summed E-state index contributed by atoms with van der Waals surface area (Å²) in [6.45, 7) is 10.2. The summed E-state index contributed by atoms with van der Waals surface area (Å²) < 4.78 is 11.7. The predicted octanol–water partition coefficient (Wildman–Crippen LogP) is 5.46. The van der Waals surface area contributed by atoms with Gasteiger partial charge in [0.05, 0.1) is 12.2 Å². The van der Waals surface area contributed by atoms with Crippen molar-refractivity contribution in [2.24, 2.45) is 0 Å². The van der Waals surface area contributed by atoms with Gasteiger partial charge in [-0.05, 0) is 63.9 Å². The van der Waals surface area contributed by atoms with E-state index in [4.69, 9.17) is 14.5 Å². The van der Waals surface area contributed by atoms with Crippen LogP contribution >= 0.6 is 11.3 Å². The van der Waals surface area contributed by atoms with Crippen LogP contribution in [0.25, 0.3) is 21.3 Å². The molecule has 2 aromatic heterocycles. The van der Waals surface area contributed by atoms with Gasteiger partial charge in [0.2, 0.25) is 0 Å². The van der Waals surface area contributed by atoms with E-state index in [9.17, 15) is 9.90 Å². The Morgan fingerprint density at radius 1 is 1.28 bits per heavy atom. The molecule has 152 valence electrons. The Labute approximate surface area is 174 Å². The SMILES string of the molecule is Cc1cc2c(-c3ccc4c(c3)CCO4)c([C@H](OC(C)(C)C)C(=O)O)c(C)nc2s1. The van der Waals surface area contributed by atoms with Gasteiger partial charge in [-0.1, -0.05) is 6.07 Å². The first-order valence-electron chi connectivity index (χ1n) is 9.71. The highest BCUT2D eigenvalue weighted by Crippen LogP contribution is 2.43. The number of ether oxygens (including phenoxy) is 2. The van der Waals surface area contributed by atoms with E-state index in [-0.39, 0.29) is 0 Å². The zero-order valence-corrected chi connectivity index (χ0v) is 18.1. The van der Waals surface area contributed by atoms with Crippen LogP contribution in [0, 0.1) is 13.8 Å². The third-order valence-electron chi connectivity index (χ3n) is 4.97. The highest BCUT2D eigenvalue weighted by Gasteiger charge is 2.32. The van der Waals surface area contributed by atoms with Crippen molar-refractivity contribution in [3.63, 3.8) is 0 Å². The first-order valence-corrected chi connectivity index (χ1v) is 10.5. The minimum Gasteiger partial charge on any atom is -0.493 e. The monoisotopic (exact) mass is 411 g/mol. The van der Waals surface area contributed by atoms with E-state index in [1.165, 1.54) is 0 Å². The van der Waals surface area contributed by atoms with Crippen molar-refractivity contribution in [3.05, 3.63) is 46.0 Å². The number of carboxylic acid groups (broad SMARTS) is 1. The van der Waals surface area contributed by atoms with Crippen LogP contribution in [0.5, 0.6) is 5.75 Å². The number of rotatable bonds is 4. The second-order valence-corrected chi connectivity index (χ2v) is 9.67. The molecule has 1 atom stereocenters. The molecule has 0 saturated heterocycles. The van der Waals surface area contributed by atoms with Crippen molar-refractivity contribution >= 4 is 27.5 Å². The maximum absolute atomic E-state index is 12.3. The maximum Gasteiger partial charge on any atom is 0.337 e. The largest absolute Gasteiger partial charge is 0.493 e. The number of aliphatic carboxylic acids is 1. The molecule has 0 spiro atoms. The maximum atomic E-state index is 12.3. The van der Waals surface area contributed by atoms with Crippen molar-refractivity contribution in [2.75, 3.05) is 6.61 Å². The van der Waals surface area contributed by atoms with Gasteiger partial charge in [0.15, 0.2) is 6.10 Å². The fourth-order valence-corrected chi connectivity index (χ4v) is 4.80. The van der Waals surface area contributed by atoms with Crippen molar-refractivity contribution < 1.29 is 19.4 Å². The quantitative estimate of drug-likeness (QED) is 0.618. The van der Waals surface area contributed by atoms with Crippen LogP contribution < -0.4 is 4.74 Å². The Morgan fingerprint density at radius 2 is 2.03 bits per heavy atom. The van der Waals surface area contributed by atoms with E-state index in [1.807, 2.05) is 46.8 Å². The second-order valence-electron chi connectivity index (χ2n) is 8.43. The predicted molar refractivity (Wildman–Crippen MR) is 115 cm³/mol. The first kappa shape index (κ1) is 19.9. The lowest BCUT2D eigenvalue weighted by Gasteiger charge is -2.27. The van der Waals surface area contributed by atoms with Crippen LogP contribution in [0.15, 0.2) is 24.3 Å². The summed E-state index contributed by atoms with van der Waals surface area (Å²) in [5.41, 5.74) is 3.70. The lowest BCUT2D eigenvalue weighted by Crippen LogP contribution is -2.28. The topological polar surface area (TPSA) is 68.7 Å². The van der Waals surface area contributed by atoms with Crippen LogP contribution in [-0.2, 0) is 16.0 Å². The average molecular weight is 412 g/mol. The Bertz CT molecular complexity index is 1110. The zero-order chi connectivity index (χ0) is 20.9. The van der Waals surface area contributed by atoms with E-state index in [0.717, 1.165) is 44.0 Å². The highest BCUT2D eigenvalue weighted by atomic mass is 32.1. The van der Waals surface area contributed by atoms with Gasteiger partial charge in [0, 0.05) is 33.5 Å². The summed E-state index contributed by atoms with van der Waals surface area (Å²) in [5.74, 6) is -0.110. The molecular weight excluding hydrogens is 386 g/mol. The van der Waals surface area contributed by atoms with Gasteiger partial charge in [0.1, 0.15) is 10.6 Å². The summed E-state index contributed by atoms with van der Waals surface area (Å²) in [5, 5.41) is 11.0. The number of hydrogen-bond acceptors (Lipinski definition) is 5. The molecule has 0 radical (unpaired) electrons. The van der Waals surface area contributed by atoms with Gasteiger partial charge < -0.3 is 14.6 Å². The van der Waals surface area contributed by atoms with Crippen LogP contribution in [-0.4, -0.2) is 28.3 Å². The van der Waals surface area contributed by atoms with Crippen molar-refractivity contribution in [3.8, 4) is 16.9 Å². The summed E-state index contributed by atoms with van der Waals surface area (Å²) in [6, 6.07) is 8.18. The molecule has 0 bridgehead atoms. The number of aromatic nitrogens is 1. The van der Waals surface area contributed by atoms with Gasteiger partial charge in [-0.3, -0.25) is 0 Å². The fourth-order valence-electron chi connectivity index (χ4n) is 3.86. The molecule has 1 aliphatic rings. The number of pyridine rings is 1. The number of benzene rings is 1. The molecule has 0 fully saturated rings. The normalized spacial score (nSPS) is 14.7. The average Bonchev–Trinajstić information content (AvgIpc) is 3.22. The third-order valence-corrected chi connectivity index (χ3v) is 5.91. The molecule has 1 aliphatic heterocycles. The highest BCUT2D eigenvalue weighted by molar-refractivity contribution is 7.18. The zero-order valence-electron chi connectivity index (χ0n) is 17.3. The van der Waals surface area contributed by atoms with Crippen LogP contribution in [0.4, 0.5) is 0 Å². The number of carbonyl (C=O) groups is 1. The Morgan fingerprint density at radius 3 is 2.72 bits per heavy atom. The van der Waals surface area contributed by atoms with Crippen LogP contribution in [0.1, 0.15) is 48.6 Å². The molecule has 0 saturated carbocycles. The molecule has 1 aromatic carbocycles. The molecule has 5 nitrogen and oxygen atoms in total. The summed E-state index contributed by atoms with van der Waals surface area (Å²) in [4.78, 5) is 19.1. The number of thiophene rings is 1. The van der Waals surface area contributed by atoms with Crippen molar-refractivity contribution in [1.82, 2.24) is 4.98 Å². The van der Waals surface area contributed by atoms with E-state index in [2.05, 4.69) is 12.1 Å². The molecule has 29 heavy (non-hydrogen) atoms. The number of fused-ring (bicyclic) bond motifs is 2. The Hall–Kier alpha value is -2.44. The number of carboxylic acids is 1. The van der Waals surface area contributed by atoms with Gasteiger partial charge >= 0.3 is 5.97 Å². The molecule has 0 unspecified atom stereocenters. The van der Waals surface area contributed by atoms with E-state index in [0.29, 0.717) is 17.9 Å². The molecule has 4 rings (SSSR count). The molecule has 3 heterocycles. The van der Waals surface area contributed by atoms with E-state index < -0.39 is 17.7 Å². The van der Waals surface area contributed by atoms with E-state index in [1.54, 1.807) is 11.3 Å². The van der Waals surface area contributed by atoms with E-state index >= 15 is 0 Å². The standard InChI is InChI=1S/C23H25NO4S/c1-12-10-16-19(15-6-7-17-14(11-15)8-9-27-17)18(13(2)24-21(16)29-12)20(22(25)26)28-23(3,4)5/h6-7,10-11,20H,8-9H2,1-5H3,(H,25,26)/t20-/m0/s1. The summed E-state index contributed by atoms with van der Waals surface area (Å²) in [7, 11) is 0. The molecule has 3 aromatic rings. The second kappa shape index (κ2) is 7.11. The summed E-state index contributed by atoms with van der Waals surface area (Å²) in [6.07, 6.45) is -0.249. The molecule has 6 heteroatoms. The number of nitrogens with zero attached hydrogens (tertiary/aromatic N) is 1. The number of aryl methyl sites for hydroxylation is 2. The van der Waals surface area contributed by atoms with Gasteiger partial charge in [-0.15, -0.1) is 11.3 Å². The van der Waals surface area contributed by atoms with Gasteiger partial charge in [-0.2, -0.15) is 0 Å². The smallest absolute Gasteiger partial charge is 0.337 e. The molecule has 0 aliphatic carbocycles. The Kier molecular flexibility index (Phi) is 4.87. The lowest BCUT2D eigenvalue weighted by atomic mass is 9.91. The van der Waals surface area contributed by atoms with Crippen molar-refractivity contribution in [1.29, 1.82) is 0 Å². The Balaban J connectivity index is 2.02. The molecular formula is C23H25NO4S. The minimum absolute atomic E-state index is 0.613. The van der Waals surface area contributed by atoms with Gasteiger partial charge in [-0.25, -0.2) is 9.78 Å². The van der Waals surface area contributed by atoms with Crippen LogP contribution in [0.3, 0.4) is 0 Å². The fraction of sp³-hybridized carbons (Fsp3) is 0.391. The minimum atomic E-state index is -1.10. The number of hydrogen-bond donors (Lipinski definition) is 1. The molecule has 0 amide bonds.